The van der Waals surface area contributed by atoms with Gasteiger partial charge in [0.2, 0.25) is 0 Å². The number of allylic oxidation sites excluding steroid dienone is 1. The molecule has 0 N–H and O–H groups in total. The van der Waals surface area contributed by atoms with E-state index >= 15 is 0 Å². The highest BCUT2D eigenvalue weighted by Crippen LogP contribution is 1.92. The molecule has 0 aromatic carbocycles. The number of hydrogen-bond acceptors (Lipinski definition) is 1. The van der Waals surface area contributed by atoms with Crippen LogP contribution in [-0.4, -0.2) is 6.26 Å². The van der Waals surface area contributed by atoms with Crippen LogP contribution in [0.3, 0.4) is 0 Å². The molecule has 0 rings (SSSR count). The lowest BCUT2D eigenvalue weighted by atomic mass is 10.5. The third-order valence-corrected chi connectivity index (χ3v) is 0.864. The van der Waals surface area contributed by atoms with E-state index in [0.29, 0.717) is 0 Å². The Morgan fingerprint density at radius 2 is 2.50 bits per heavy atom. The summed E-state index contributed by atoms with van der Waals surface area (Å²) in [4.78, 5) is 0. The first-order valence-electron chi connectivity index (χ1n) is 1.89. The van der Waals surface area contributed by atoms with Crippen LogP contribution in [0.1, 0.15) is 6.42 Å². The summed E-state index contributed by atoms with van der Waals surface area (Å²) in [5.41, 5.74) is 0. The second-order valence-electron chi connectivity index (χ2n) is 0.896. The minimum Gasteiger partial charge on any atom is -0.138 e. The van der Waals surface area contributed by atoms with Crippen molar-refractivity contribution in [2.45, 2.75) is 6.42 Å². The van der Waals surface area contributed by atoms with Gasteiger partial charge in [-0.05, 0) is 25.0 Å². The molecule has 1 heteroatoms. The molecular weight excluding hydrogens is 92.1 g/mol. The van der Waals surface area contributed by atoms with Gasteiger partial charge in [-0.15, -0.1) is 11.8 Å². The molecule has 0 aliphatic heterocycles. The van der Waals surface area contributed by atoms with Gasteiger partial charge in [-0.25, -0.2) is 0 Å². The van der Waals surface area contributed by atoms with Crippen molar-refractivity contribution in [3.63, 3.8) is 0 Å². The molecule has 6 heavy (non-hydrogen) atoms. The van der Waals surface area contributed by atoms with Crippen molar-refractivity contribution < 1.29 is 0 Å². The summed E-state index contributed by atoms with van der Waals surface area (Å²) in [6, 6.07) is 0. The maximum atomic E-state index is 3.62. The van der Waals surface area contributed by atoms with Gasteiger partial charge in [0.15, 0.2) is 0 Å². The van der Waals surface area contributed by atoms with E-state index in [1.54, 1.807) is 11.8 Å². The molecule has 0 atom stereocenters. The average Bonchev–Trinajstić information content (AvgIpc) is 1.61. The molecule has 1 radical (unpaired) electrons. The molecule has 0 aliphatic carbocycles. The van der Waals surface area contributed by atoms with E-state index in [9.17, 15) is 0 Å². The monoisotopic (exact) mass is 101 g/mol. The van der Waals surface area contributed by atoms with Gasteiger partial charge in [-0.1, -0.05) is 6.08 Å². The zero-order valence-corrected chi connectivity index (χ0v) is 4.79. The summed E-state index contributed by atoms with van der Waals surface area (Å²) in [5, 5.41) is 2.03. The van der Waals surface area contributed by atoms with Crippen molar-refractivity contribution in [1.82, 2.24) is 0 Å². The standard InChI is InChI=1S/C5H9S/c1-3-4-5-6-2/h4-5H,1,3H2,2H3. The average molecular weight is 101 g/mol. The highest BCUT2D eigenvalue weighted by molar-refractivity contribution is 8.01. The molecule has 0 amide bonds. The van der Waals surface area contributed by atoms with Crippen LogP contribution < -0.4 is 0 Å². The quantitative estimate of drug-likeness (QED) is 0.513. The fraction of sp³-hybridized carbons (Fsp3) is 0.400. The van der Waals surface area contributed by atoms with Crippen molar-refractivity contribution >= 4 is 11.8 Å². The molecule has 0 unspecified atom stereocenters. The Morgan fingerprint density at radius 1 is 1.83 bits per heavy atom. The van der Waals surface area contributed by atoms with E-state index in [1.807, 2.05) is 17.7 Å². The van der Waals surface area contributed by atoms with E-state index in [2.05, 4.69) is 6.92 Å². The first-order valence-corrected chi connectivity index (χ1v) is 3.17. The molecule has 0 bridgehead atoms. The highest BCUT2D eigenvalue weighted by Gasteiger charge is 1.60. The first kappa shape index (κ1) is 6.09. The molecule has 0 aromatic heterocycles. The zero-order chi connectivity index (χ0) is 4.83. The van der Waals surface area contributed by atoms with E-state index in [0.717, 1.165) is 6.42 Å². The molecule has 0 saturated heterocycles. The lowest BCUT2D eigenvalue weighted by molar-refractivity contribution is 1.41. The number of thioether (sulfide) groups is 1. The highest BCUT2D eigenvalue weighted by atomic mass is 32.2. The Bertz CT molecular complexity index is 33.2. The molecule has 0 nitrogen and oxygen atoms in total. The molecular formula is C5H9S. The Kier molecular flexibility index (Phi) is 5.17. The Hall–Kier alpha value is 0.0900. The molecule has 35 valence electrons. The van der Waals surface area contributed by atoms with Crippen LogP contribution in [0.15, 0.2) is 11.5 Å². The summed E-state index contributed by atoms with van der Waals surface area (Å²) >= 11 is 1.71. The van der Waals surface area contributed by atoms with Crippen molar-refractivity contribution in [2.75, 3.05) is 6.26 Å². The predicted octanol–water partition coefficient (Wildman–Crippen LogP) is 2.09. The maximum Gasteiger partial charge on any atom is -0.0142 e. The van der Waals surface area contributed by atoms with Crippen LogP contribution in [-0.2, 0) is 0 Å². The van der Waals surface area contributed by atoms with Crippen LogP contribution in [0.5, 0.6) is 0 Å². The normalized spacial score (nSPS) is 10.3. The number of rotatable bonds is 2. The topological polar surface area (TPSA) is 0 Å². The summed E-state index contributed by atoms with van der Waals surface area (Å²) in [7, 11) is 0. The minimum absolute atomic E-state index is 0.904. The van der Waals surface area contributed by atoms with E-state index in [-0.39, 0.29) is 0 Å². The van der Waals surface area contributed by atoms with Gasteiger partial charge < -0.3 is 0 Å². The summed E-state index contributed by atoms with van der Waals surface area (Å²) in [6.07, 6.45) is 4.97. The second kappa shape index (κ2) is 5.09. The van der Waals surface area contributed by atoms with Gasteiger partial charge >= 0.3 is 0 Å². The lowest BCUT2D eigenvalue weighted by Crippen LogP contribution is -1.46. The largest absolute Gasteiger partial charge is 0.138 e. The summed E-state index contributed by atoms with van der Waals surface area (Å²) in [5.74, 6) is 0. The van der Waals surface area contributed by atoms with Gasteiger partial charge in [0.05, 0.1) is 0 Å². The van der Waals surface area contributed by atoms with Gasteiger partial charge in [0.25, 0.3) is 0 Å². The third-order valence-electron chi connectivity index (χ3n) is 0.399. The second-order valence-corrected chi connectivity index (χ2v) is 1.64. The molecule has 0 heterocycles. The smallest absolute Gasteiger partial charge is 0.0142 e. The van der Waals surface area contributed by atoms with Gasteiger partial charge in [-0.2, -0.15) is 0 Å². The van der Waals surface area contributed by atoms with E-state index in [4.69, 9.17) is 0 Å². The molecule has 0 aromatic rings. The van der Waals surface area contributed by atoms with Crippen molar-refractivity contribution in [1.29, 1.82) is 0 Å². The molecule has 0 fully saturated rings. The van der Waals surface area contributed by atoms with Gasteiger partial charge in [0, 0.05) is 0 Å². The predicted molar refractivity (Wildman–Crippen MR) is 32.6 cm³/mol. The number of hydrogen-bond donors (Lipinski definition) is 0. The van der Waals surface area contributed by atoms with Gasteiger partial charge in [0.1, 0.15) is 0 Å². The van der Waals surface area contributed by atoms with Crippen LogP contribution in [0.4, 0.5) is 0 Å². The van der Waals surface area contributed by atoms with Gasteiger partial charge in [-0.3, -0.25) is 0 Å². The van der Waals surface area contributed by atoms with Crippen LogP contribution in [0.2, 0.25) is 0 Å². The minimum atomic E-state index is 0.904. The van der Waals surface area contributed by atoms with E-state index < -0.39 is 0 Å². The Balaban J connectivity index is 2.73. The van der Waals surface area contributed by atoms with Crippen LogP contribution in [0, 0.1) is 6.92 Å². The molecule has 0 spiro atoms. The summed E-state index contributed by atoms with van der Waals surface area (Å²) in [6.45, 7) is 3.62. The SMILES string of the molecule is [CH2]CC=CSC. The van der Waals surface area contributed by atoms with Crippen molar-refractivity contribution in [2.24, 2.45) is 0 Å². The summed E-state index contributed by atoms with van der Waals surface area (Å²) < 4.78 is 0. The van der Waals surface area contributed by atoms with Crippen molar-refractivity contribution in [3.8, 4) is 0 Å². The fourth-order valence-corrected chi connectivity index (χ4v) is 0.493. The van der Waals surface area contributed by atoms with Crippen LogP contribution in [0.25, 0.3) is 0 Å². The van der Waals surface area contributed by atoms with Crippen LogP contribution >= 0.6 is 11.8 Å². The Morgan fingerprint density at radius 3 is 2.67 bits per heavy atom. The zero-order valence-electron chi connectivity index (χ0n) is 3.98. The molecule has 0 saturated carbocycles. The molecule has 0 aliphatic rings. The Labute approximate surface area is 43.6 Å². The van der Waals surface area contributed by atoms with E-state index in [1.165, 1.54) is 0 Å². The fourth-order valence-electron chi connectivity index (χ4n) is 0.164. The lowest BCUT2D eigenvalue weighted by Gasteiger charge is -1.72. The first-order chi connectivity index (χ1) is 2.91. The maximum absolute atomic E-state index is 3.62. The third kappa shape index (κ3) is 4.09. The van der Waals surface area contributed by atoms with Crippen molar-refractivity contribution in [3.05, 3.63) is 18.4 Å².